The molecule has 0 aliphatic carbocycles. The van der Waals surface area contributed by atoms with E-state index in [9.17, 15) is 0 Å². The zero-order chi connectivity index (χ0) is 21.8. The Morgan fingerprint density at radius 1 is 0.871 bits per heavy atom. The van der Waals surface area contributed by atoms with Crippen LogP contribution in [0.2, 0.25) is 0 Å². The third-order valence-electron chi connectivity index (χ3n) is 4.89. The fraction of sp³-hybridized carbons (Fsp3) is 0.167. The van der Waals surface area contributed by atoms with Crippen LogP contribution in [-0.2, 0) is 4.84 Å². The van der Waals surface area contributed by atoms with Crippen LogP contribution in [0.25, 0.3) is 22.0 Å². The molecule has 0 spiro atoms. The van der Waals surface area contributed by atoms with Crippen LogP contribution in [0.5, 0.6) is 17.2 Å². The van der Waals surface area contributed by atoms with E-state index in [2.05, 4.69) is 40.4 Å². The van der Waals surface area contributed by atoms with Gasteiger partial charge < -0.3 is 0 Å². The van der Waals surface area contributed by atoms with E-state index >= 15 is 0 Å². The fourth-order valence-corrected chi connectivity index (χ4v) is 5.20. The van der Waals surface area contributed by atoms with Crippen molar-refractivity contribution in [1.82, 2.24) is 4.98 Å². The monoisotopic (exact) mass is 482 g/mol. The van der Waals surface area contributed by atoms with Crippen LogP contribution < -0.4 is 14.2 Å². The van der Waals surface area contributed by atoms with Gasteiger partial charge in [0.15, 0.2) is 0 Å². The minimum atomic E-state index is -0.00988. The summed E-state index contributed by atoms with van der Waals surface area (Å²) in [4.78, 5) is 12.3. The minimum absolute atomic E-state index is 0.00988. The molecule has 0 saturated heterocycles. The van der Waals surface area contributed by atoms with Crippen LogP contribution in [0.15, 0.2) is 64.7 Å². The number of fused-ring (bicyclic) bond motifs is 1. The molecule has 0 unspecified atom stereocenters. The number of aromatic nitrogens is 1. The van der Waals surface area contributed by atoms with E-state index in [1.54, 1.807) is 21.3 Å². The Morgan fingerprint density at radius 3 is 2.26 bits per heavy atom. The summed E-state index contributed by atoms with van der Waals surface area (Å²) in [6.07, 6.45) is 0. The fourth-order valence-electron chi connectivity index (χ4n) is 3.48. The van der Waals surface area contributed by atoms with Gasteiger partial charge >= 0.3 is 187 Å². The second-order valence-corrected chi connectivity index (χ2v) is 8.40. The molecule has 0 radical (unpaired) electrons. The zero-order valence-electron chi connectivity index (χ0n) is 17.7. The summed E-state index contributed by atoms with van der Waals surface area (Å²) < 4.78 is 17.3. The van der Waals surface area contributed by atoms with Crippen molar-refractivity contribution in [2.24, 2.45) is 5.16 Å². The van der Waals surface area contributed by atoms with Gasteiger partial charge in [-0.2, -0.15) is 0 Å². The number of hydrogen-bond acceptors (Lipinski definition) is 6. The first-order valence-corrected chi connectivity index (χ1v) is 11.4. The Morgan fingerprint density at radius 2 is 1.58 bits per heavy atom. The third-order valence-corrected chi connectivity index (χ3v) is 6.67. The molecule has 0 saturated carbocycles. The molecule has 4 rings (SSSR count). The molecule has 0 bridgehead atoms. The molecule has 1 aromatic heterocycles. The van der Waals surface area contributed by atoms with Crippen molar-refractivity contribution in [3.63, 3.8) is 0 Å². The number of rotatable bonds is 7. The second kappa shape index (κ2) is 9.25. The molecule has 0 N–H and O–H groups in total. The molecule has 0 atom stereocenters. The maximum atomic E-state index is 5.50. The van der Waals surface area contributed by atoms with E-state index in [0.717, 1.165) is 21.4 Å². The summed E-state index contributed by atoms with van der Waals surface area (Å²) in [6, 6.07) is 18.3. The van der Waals surface area contributed by atoms with E-state index in [1.807, 2.05) is 24.3 Å². The Balaban J connectivity index is 1.81. The topological polar surface area (TPSA) is 62.2 Å². The molecule has 158 valence electrons. The summed E-state index contributed by atoms with van der Waals surface area (Å²) in [5, 5.41) is 6.65. The van der Waals surface area contributed by atoms with Crippen molar-refractivity contribution in [1.29, 1.82) is 0 Å². The number of benzene rings is 3. The molecular formula is C24H22N2O4Se. The maximum absolute atomic E-state index is 5.50. The van der Waals surface area contributed by atoms with Crippen LogP contribution in [0.3, 0.4) is 0 Å². The molecule has 6 nitrogen and oxygen atoms in total. The summed E-state index contributed by atoms with van der Waals surface area (Å²) in [7, 11) is 6.28. The van der Waals surface area contributed by atoms with Crippen molar-refractivity contribution < 1.29 is 19.0 Å². The van der Waals surface area contributed by atoms with Crippen molar-refractivity contribution in [3.05, 3.63) is 69.7 Å². The van der Waals surface area contributed by atoms with E-state index in [-0.39, 0.29) is 14.5 Å². The molecule has 31 heavy (non-hydrogen) atoms. The van der Waals surface area contributed by atoms with Gasteiger partial charge in [0.05, 0.1) is 0 Å². The summed E-state index contributed by atoms with van der Waals surface area (Å²) in [5.41, 5.74) is 3.48. The van der Waals surface area contributed by atoms with Gasteiger partial charge in [-0.15, -0.1) is 0 Å². The van der Waals surface area contributed by atoms with Crippen molar-refractivity contribution in [2.75, 3.05) is 28.4 Å². The van der Waals surface area contributed by atoms with Gasteiger partial charge in [-0.1, -0.05) is 0 Å². The molecule has 7 heteroatoms. The number of hydrogen-bond donors (Lipinski definition) is 0. The van der Waals surface area contributed by atoms with Crippen molar-refractivity contribution >= 4 is 31.0 Å². The molecule has 1 heterocycles. The number of methoxy groups -OCH3 is 3. The molecule has 0 aliphatic rings. The first-order valence-electron chi connectivity index (χ1n) is 9.55. The molecule has 4 aromatic rings. The van der Waals surface area contributed by atoms with Crippen LogP contribution in [-0.4, -0.2) is 53.6 Å². The average Bonchev–Trinajstić information content (AvgIpc) is 3.30. The van der Waals surface area contributed by atoms with E-state index in [4.69, 9.17) is 24.0 Å². The Kier molecular flexibility index (Phi) is 6.26. The standard InChI is InChI=1S/C24H22N2O4Se/c1-27-20-12-16(13-21(28-2)23(20)29-3)22(26-30-4)24-25-19(14-31-24)18-11-7-9-15-8-5-6-10-17(15)18/h5-14H,1-4H3/b26-22-. The van der Waals surface area contributed by atoms with Gasteiger partial charge in [0.2, 0.25) is 0 Å². The van der Waals surface area contributed by atoms with E-state index in [1.165, 1.54) is 17.9 Å². The van der Waals surface area contributed by atoms with Gasteiger partial charge in [-0.3, -0.25) is 0 Å². The van der Waals surface area contributed by atoms with Gasteiger partial charge in [0, 0.05) is 0 Å². The van der Waals surface area contributed by atoms with Gasteiger partial charge in [-0.25, -0.2) is 0 Å². The molecule has 0 amide bonds. The molecule has 3 aromatic carbocycles. The zero-order valence-corrected chi connectivity index (χ0v) is 19.4. The average molecular weight is 481 g/mol. The quantitative estimate of drug-likeness (QED) is 0.223. The SMILES string of the molecule is CO/N=C(/c1cc(OC)c(OC)c(OC)c1)c1nc(-c2cccc3ccccc23)c[se]1. The predicted molar refractivity (Wildman–Crippen MR) is 123 cm³/mol. The number of ether oxygens (including phenoxy) is 3. The van der Waals surface area contributed by atoms with Crippen LogP contribution in [0.4, 0.5) is 0 Å². The molecule has 0 aliphatic heterocycles. The van der Waals surface area contributed by atoms with Crippen molar-refractivity contribution in [2.45, 2.75) is 0 Å². The normalized spacial score (nSPS) is 11.4. The van der Waals surface area contributed by atoms with Crippen LogP contribution in [0, 0.1) is 0 Å². The van der Waals surface area contributed by atoms with Gasteiger partial charge in [0.25, 0.3) is 0 Å². The van der Waals surface area contributed by atoms with Gasteiger partial charge in [-0.05, 0) is 0 Å². The van der Waals surface area contributed by atoms with E-state index < -0.39 is 0 Å². The van der Waals surface area contributed by atoms with E-state index in [0.29, 0.717) is 23.0 Å². The van der Waals surface area contributed by atoms with Gasteiger partial charge in [0.1, 0.15) is 0 Å². The number of oxime groups is 1. The predicted octanol–water partition coefficient (Wildman–Crippen LogP) is 4.38. The molecule has 0 fully saturated rings. The Labute approximate surface area is 186 Å². The third kappa shape index (κ3) is 4.02. The summed E-state index contributed by atoms with van der Waals surface area (Å²) in [5.74, 6) is 1.63. The Hall–Kier alpha value is -3.28. The van der Waals surface area contributed by atoms with Crippen LogP contribution >= 0.6 is 0 Å². The second-order valence-electron chi connectivity index (χ2n) is 6.60. The summed E-state index contributed by atoms with van der Waals surface area (Å²) >= 11 is -0.00988. The number of nitrogens with zero attached hydrogens (tertiary/aromatic N) is 2. The molecular weight excluding hydrogens is 459 g/mol. The van der Waals surface area contributed by atoms with Crippen molar-refractivity contribution in [3.8, 4) is 28.5 Å². The van der Waals surface area contributed by atoms with Crippen LogP contribution in [0.1, 0.15) is 10.1 Å². The Bertz CT molecular complexity index is 1220. The first-order chi connectivity index (χ1) is 15.2. The first kappa shape index (κ1) is 21.0. The summed E-state index contributed by atoms with van der Waals surface area (Å²) in [6.45, 7) is 0.